The maximum absolute atomic E-state index is 11.1. The van der Waals surface area contributed by atoms with E-state index < -0.39 is 0 Å². The van der Waals surface area contributed by atoms with Gasteiger partial charge in [0.1, 0.15) is 36.2 Å². The molecular weight excluding hydrogens is 494 g/mol. The maximum Gasteiger partial charge on any atom is 0.131 e. The number of phenolic OH excluding ortho intramolecular Hbond substituents is 2. The second-order valence-electron chi connectivity index (χ2n) is 7.00. The standard InChI is InChI=1S/C24H18Cl4O4/c25-5-7-31-21-11-19(23(29)15-3-1-13(27)9-17(15)21)20-12-22(32-8-6-26)18-10-14(28)2-4-16(18)24(20)30/h1-4,9-12,29-30H,5-8H2. The van der Waals surface area contributed by atoms with Crippen LogP contribution < -0.4 is 9.47 Å². The van der Waals surface area contributed by atoms with E-state index >= 15 is 0 Å². The fourth-order valence-corrected chi connectivity index (χ4v) is 4.14. The monoisotopic (exact) mass is 510 g/mol. The van der Waals surface area contributed by atoms with Crippen LogP contribution >= 0.6 is 46.4 Å². The number of rotatable bonds is 7. The summed E-state index contributed by atoms with van der Waals surface area (Å²) in [6.07, 6.45) is 0. The molecule has 4 rings (SSSR count). The summed E-state index contributed by atoms with van der Waals surface area (Å²) in [7, 11) is 0. The summed E-state index contributed by atoms with van der Waals surface area (Å²) in [6, 6.07) is 13.5. The smallest absolute Gasteiger partial charge is 0.131 e. The van der Waals surface area contributed by atoms with Gasteiger partial charge < -0.3 is 19.7 Å². The normalized spacial score (nSPS) is 11.2. The van der Waals surface area contributed by atoms with Gasteiger partial charge in [-0.15, -0.1) is 23.2 Å². The van der Waals surface area contributed by atoms with Crippen LogP contribution in [-0.2, 0) is 0 Å². The lowest BCUT2D eigenvalue weighted by molar-refractivity contribution is 0.346. The van der Waals surface area contributed by atoms with E-state index in [1.54, 1.807) is 48.5 Å². The molecule has 32 heavy (non-hydrogen) atoms. The molecule has 0 radical (unpaired) electrons. The Labute approximate surface area is 204 Å². The maximum atomic E-state index is 11.1. The Morgan fingerprint density at radius 3 is 1.38 bits per heavy atom. The molecule has 0 aliphatic heterocycles. The third kappa shape index (κ3) is 4.33. The first-order valence-electron chi connectivity index (χ1n) is 9.73. The van der Waals surface area contributed by atoms with Crippen molar-refractivity contribution in [2.24, 2.45) is 0 Å². The van der Waals surface area contributed by atoms with Gasteiger partial charge in [0.05, 0.1) is 11.8 Å². The summed E-state index contributed by atoms with van der Waals surface area (Å²) in [5.41, 5.74) is 0.740. The van der Waals surface area contributed by atoms with Crippen LogP contribution in [0.1, 0.15) is 0 Å². The van der Waals surface area contributed by atoms with Crippen LogP contribution in [-0.4, -0.2) is 35.2 Å². The van der Waals surface area contributed by atoms with Gasteiger partial charge in [0.2, 0.25) is 0 Å². The Morgan fingerprint density at radius 1 is 0.594 bits per heavy atom. The van der Waals surface area contributed by atoms with E-state index in [0.717, 1.165) is 0 Å². The van der Waals surface area contributed by atoms with Crippen molar-refractivity contribution in [2.75, 3.05) is 25.0 Å². The molecule has 0 aromatic heterocycles. The quantitative estimate of drug-likeness (QED) is 0.250. The first-order chi connectivity index (χ1) is 15.4. The van der Waals surface area contributed by atoms with Crippen molar-refractivity contribution in [1.82, 2.24) is 0 Å². The van der Waals surface area contributed by atoms with Crippen LogP contribution in [0, 0.1) is 0 Å². The van der Waals surface area contributed by atoms with Crippen molar-refractivity contribution < 1.29 is 19.7 Å². The molecular formula is C24H18Cl4O4. The minimum Gasteiger partial charge on any atom is -0.507 e. The molecule has 166 valence electrons. The fraction of sp³-hybridized carbons (Fsp3) is 0.167. The molecule has 2 N–H and O–H groups in total. The van der Waals surface area contributed by atoms with Crippen molar-refractivity contribution >= 4 is 67.9 Å². The molecule has 0 atom stereocenters. The van der Waals surface area contributed by atoms with Crippen molar-refractivity contribution in [2.45, 2.75) is 0 Å². The van der Waals surface area contributed by atoms with Gasteiger partial charge in [0.15, 0.2) is 0 Å². The molecule has 0 spiro atoms. The van der Waals surface area contributed by atoms with E-state index in [4.69, 9.17) is 55.9 Å². The predicted molar refractivity (Wildman–Crippen MR) is 133 cm³/mol. The van der Waals surface area contributed by atoms with Crippen molar-refractivity contribution in [3.63, 3.8) is 0 Å². The molecule has 4 aromatic carbocycles. The lowest BCUT2D eigenvalue weighted by atomic mass is 9.95. The van der Waals surface area contributed by atoms with Gasteiger partial charge in [0.25, 0.3) is 0 Å². The molecule has 0 aliphatic rings. The Morgan fingerprint density at radius 2 is 1.00 bits per heavy atom. The average molecular weight is 512 g/mol. The largest absolute Gasteiger partial charge is 0.507 e. The van der Waals surface area contributed by atoms with E-state index in [1.165, 1.54) is 0 Å². The highest BCUT2D eigenvalue weighted by atomic mass is 35.5. The Kier molecular flexibility index (Phi) is 6.96. The summed E-state index contributed by atoms with van der Waals surface area (Å²) in [6.45, 7) is 0.527. The Hall–Kier alpha value is -2.24. The highest BCUT2D eigenvalue weighted by Gasteiger charge is 2.20. The minimum absolute atomic E-state index is 0.0261. The van der Waals surface area contributed by atoms with Crippen molar-refractivity contribution in [3.05, 3.63) is 58.6 Å². The lowest BCUT2D eigenvalue weighted by Gasteiger charge is -2.18. The number of fused-ring (bicyclic) bond motifs is 2. The molecule has 0 saturated carbocycles. The van der Waals surface area contributed by atoms with Crippen LogP contribution in [0.2, 0.25) is 10.0 Å². The first kappa shape index (κ1) is 22.9. The number of halogens is 4. The number of alkyl halides is 2. The van der Waals surface area contributed by atoms with E-state index in [9.17, 15) is 10.2 Å². The van der Waals surface area contributed by atoms with Crippen LogP contribution in [0.4, 0.5) is 0 Å². The summed E-state index contributed by atoms with van der Waals surface area (Å²) >= 11 is 24.0. The summed E-state index contributed by atoms with van der Waals surface area (Å²) in [4.78, 5) is 0. The van der Waals surface area contributed by atoms with Gasteiger partial charge in [0, 0.05) is 42.7 Å². The molecule has 0 fully saturated rings. The second-order valence-corrected chi connectivity index (χ2v) is 8.63. The van der Waals surface area contributed by atoms with Crippen molar-refractivity contribution in [1.29, 1.82) is 0 Å². The molecule has 0 bridgehead atoms. The van der Waals surface area contributed by atoms with E-state index in [2.05, 4.69) is 0 Å². The van der Waals surface area contributed by atoms with Gasteiger partial charge in [-0.1, -0.05) is 23.2 Å². The topological polar surface area (TPSA) is 58.9 Å². The molecule has 0 heterocycles. The van der Waals surface area contributed by atoms with Gasteiger partial charge in [-0.25, -0.2) is 0 Å². The summed E-state index contributed by atoms with van der Waals surface area (Å²) in [5, 5.41) is 25.6. The molecule has 4 aromatic rings. The zero-order valence-corrected chi connectivity index (χ0v) is 19.7. The third-order valence-corrected chi connectivity index (χ3v) is 5.80. The highest BCUT2D eigenvalue weighted by molar-refractivity contribution is 6.32. The van der Waals surface area contributed by atoms with E-state index in [1.807, 2.05) is 0 Å². The highest BCUT2D eigenvalue weighted by Crippen LogP contribution is 2.48. The Balaban J connectivity index is 2.02. The number of phenols is 2. The number of aromatic hydroxyl groups is 2. The Bertz CT molecular complexity index is 1210. The van der Waals surface area contributed by atoms with Crippen LogP contribution in [0.25, 0.3) is 32.7 Å². The zero-order valence-electron chi connectivity index (χ0n) is 16.7. The molecule has 8 heteroatoms. The van der Waals surface area contributed by atoms with Crippen molar-refractivity contribution in [3.8, 4) is 34.1 Å². The predicted octanol–water partition coefficient (Wildman–Crippen LogP) is 7.61. The van der Waals surface area contributed by atoms with Gasteiger partial charge in [-0.2, -0.15) is 0 Å². The SMILES string of the molecule is Oc1c(-c2cc(OCCCl)c3cc(Cl)ccc3c2O)cc(OCCCl)c2cc(Cl)ccc12. The number of benzene rings is 4. The van der Waals surface area contributed by atoms with Crippen LogP contribution in [0.5, 0.6) is 23.0 Å². The van der Waals surface area contributed by atoms with Crippen LogP contribution in [0.15, 0.2) is 48.5 Å². The van der Waals surface area contributed by atoms with E-state index in [-0.39, 0.29) is 36.5 Å². The number of hydrogen-bond acceptors (Lipinski definition) is 4. The summed E-state index contributed by atoms with van der Waals surface area (Å²) < 4.78 is 11.7. The zero-order chi connectivity index (χ0) is 22.8. The molecule has 0 aliphatic carbocycles. The van der Waals surface area contributed by atoms with Gasteiger partial charge >= 0.3 is 0 Å². The van der Waals surface area contributed by atoms with E-state index in [0.29, 0.717) is 54.2 Å². The number of hydrogen-bond donors (Lipinski definition) is 2. The van der Waals surface area contributed by atoms with Gasteiger partial charge in [-0.3, -0.25) is 0 Å². The minimum atomic E-state index is -0.0261. The number of ether oxygens (including phenoxy) is 2. The summed E-state index contributed by atoms with van der Waals surface area (Å²) in [5.74, 6) is 1.49. The lowest BCUT2D eigenvalue weighted by Crippen LogP contribution is -2.00. The molecule has 4 nitrogen and oxygen atoms in total. The fourth-order valence-electron chi connectivity index (χ4n) is 3.64. The molecule has 0 amide bonds. The first-order valence-corrected chi connectivity index (χ1v) is 11.6. The molecule has 0 saturated heterocycles. The second kappa shape index (κ2) is 9.72. The van der Waals surface area contributed by atoms with Crippen LogP contribution in [0.3, 0.4) is 0 Å². The molecule has 0 unspecified atom stereocenters. The average Bonchev–Trinajstić information content (AvgIpc) is 2.78. The van der Waals surface area contributed by atoms with Gasteiger partial charge in [-0.05, 0) is 48.5 Å². The third-order valence-electron chi connectivity index (χ3n) is 5.03.